The zero-order chi connectivity index (χ0) is 19.6. The molecule has 1 aromatic heterocycles. The van der Waals surface area contributed by atoms with Gasteiger partial charge in [0.2, 0.25) is 5.91 Å². The van der Waals surface area contributed by atoms with Crippen molar-refractivity contribution >= 4 is 28.7 Å². The van der Waals surface area contributed by atoms with E-state index in [0.29, 0.717) is 5.56 Å². The number of carbonyl (C=O) groups excluding carboxylic acids is 1. The third kappa shape index (κ3) is 4.03. The Morgan fingerprint density at radius 3 is 2.59 bits per heavy atom. The van der Waals surface area contributed by atoms with Gasteiger partial charge in [0.1, 0.15) is 0 Å². The Morgan fingerprint density at radius 2 is 1.93 bits per heavy atom. The minimum absolute atomic E-state index is 0.0107. The van der Waals surface area contributed by atoms with E-state index in [-0.39, 0.29) is 18.0 Å². The van der Waals surface area contributed by atoms with Crippen LogP contribution in [0.15, 0.2) is 41.5 Å². The molecule has 0 saturated heterocycles. The maximum absolute atomic E-state index is 12.3. The van der Waals surface area contributed by atoms with Crippen LogP contribution >= 0.6 is 0 Å². The number of rotatable bonds is 5. The summed E-state index contributed by atoms with van der Waals surface area (Å²) in [6, 6.07) is 10.1. The molecule has 7 nitrogen and oxygen atoms in total. The molecule has 138 valence electrons. The van der Waals surface area contributed by atoms with Gasteiger partial charge in [-0.05, 0) is 55.7 Å². The second-order valence-electron chi connectivity index (χ2n) is 6.55. The number of hydrogen-bond acceptors (Lipinski definition) is 4. The number of carbonyl (C=O) groups is 1. The van der Waals surface area contributed by atoms with Crippen LogP contribution in [0.3, 0.4) is 0 Å². The smallest absolute Gasteiger partial charge is 0.269 e. The lowest BCUT2D eigenvalue weighted by atomic mass is 10.0. The number of nitro benzene ring substituents is 1. The molecule has 7 heteroatoms. The number of aromatic amines is 1. The Hall–Kier alpha value is -3.48. The number of benzene rings is 2. The first-order valence-electron chi connectivity index (χ1n) is 8.50. The first-order chi connectivity index (χ1) is 12.8. The summed E-state index contributed by atoms with van der Waals surface area (Å²) < 4.78 is 0. The van der Waals surface area contributed by atoms with E-state index in [1.54, 1.807) is 12.1 Å². The van der Waals surface area contributed by atoms with Crippen molar-refractivity contribution in [1.82, 2.24) is 10.4 Å². The van der Waals surface area contributed by atoms with Crippen molar-refractivity contribution in [2.75, 3.05) is 0 Å². The largest absolute Gasteiger partial charge is 0.358 e. The van der Waals surface area contributed by atoms with Crippen LogP contribution in [0.2, 0.25) is 0 Å². The van der Waals surface area contributed by atoms with Gasteiger partial charge >= 0.3 is 0 Å². The fourth-order valence-corrected chi connectivity index (χ4v) is 3.13. The number of H-pyrrole nitrogens is 1. The van der Waals surface area contributed by atoms with Gasteiger partial charge in [0.25, 0.3) is 5.69 Å². The zero-order valence-electron chi connectivity index (χ0n) is 15.4. The predicted octanol–water partition coefficient (Wildman–Crippen LogP) is 3.69. The van der Waals surface area contributed by atoms with Crippen LogP contribution in [-0.2, 0) is 11.2 Å². The van der Waals surface area contributed by atoms with Gasteiger partial charge in [-0.2, -0.15) is 5.10 Å². The van der Waals surface area contributed by atoms with Crippen LogP contribution in [0, 0.1) is 30.9 Å². The van der Waals surface area contributed by atoms with Crippen molar-refractivity contribution in [1.29, 1.82) is 0 Å². The van der Waals surface area contributed by atoms with Gasteiger partial charge in [0, 0.05) is 28.7 Å². The fraction of sp³-hybridized carbons (Fsp3) is 0.200. The van der Waals surface area contributed by atoms with E-state index in [0.717, 1.165) is 33.3 Å². The minimum Gasteiger partial charge on any atom is -0.358 e. The minimum atomic E-state index is -0.463. The zero-order valence-corrected chi connectivity index (χ0v) is 15.4. The van der Waals surface area contributed by atoms with Crippen molar-refractivity contribution in [2.45, 2.75) is 27.2 Å². The molecule has 3 rings (SSSR count). The van der Waals surface area contributed by atoms with Gasteiger partial charge in [-0.25, -0.2) is 5.43 Å². The summed E-state index contributed by atoms with van der Waals surface area (Å²) >= 11 is 0. The summed E-state index contributed by atoms with van der Waals surface area (Å²) in [5, 5.41) is 15.6. The van der Waals surface area contributed by atoms with E-state index in [1.807, 2.05) is 20.8 Å². The molecular formula is C20H20N4O3. The molecule has 0 atom stereocenters. The van der Waals surface area contributed by atoms with Crippen LogP contribution in [0.1, 0.15) is 27.9 Å². The van der Waals surface area contributed by atoms with Gasteiger partial charge in [0.15, 0.2) is 0 Å². The number of nitrogens with zero attached hydrogens (tertiary/aromatic N) is 2. The molecule has 0 saturated carbocycles. The van der Waals surface area contributed by atoms with Crippen molar-refractivity contribution in [3.8, 4) is 0 Å². The van der Waals surface area contributed by atoms with Crippen molar-refractivity contribution in [3.05, 3.63) is 74.5 Å². The highest BCUT2D eigenvalue weighted by molar-refractivity contribution is 5.92. The fourth-order valence-electron chi connectivity index (χ4n) is 3.13. The van der Waals surface area contributed by atoms with Crippen molar-refractivity contribution < 1.29 is 9.72 Å². The monoisotopic (exact) mass is 364 g/mol. The number of nitrogens with one attached hydrogen (secondary N) is 2. The summed E-state index contributed by atoms with van der Waals surface area (Å²) in [6.07, 6.45) is 1.67. The van der Waals surface area contributed by atoms with E-state index in [9.17, 15) is 14.9 Å². The Balaban J connectivity index is 1.70. The number of hydrogen-bond donors (Lipinski definition) is 2. The lowest BCUT2D eigenvalue weighted by Gasteiger charge is -2.03. The summed E-state index contributed by atoms with van der Waals surface area (Å²) in [6.45, 7) is 6.04. The molecule has 0 radical (unpaired) electrons. The summed E-state index contributed by atoms with van der Waals surface area (Å²) in [5.41, 5.74) is 8.46. The molecule has 0 fully saturated rings. The number of hydrazone groups is 1. The quantitative estimate of drug-likeness (QED) is 0.410. The topological polar surface area (TPSA) is 100 Å². The third-order valence-electron chi connectivity index (χ3n) is 4.41. The molecule has 2 aromatic carbocycles. The second-order valence-corrected chi connectivity index (χ2v) is 6.55. The highest BCUT2D eigenvalue weighted by Crippen LogP contribution is 2.26. The molecule has 1 heterocycles. The van der Waals surface area contributed by atoms with Gasteiger partial charge in [-0.3, -0.25) is 14.9 Å². The third-order valence-corrected chi connectivity index (χ3v) is 4.41. The lowest BCUT2D eigenvalue weighted by molar-refractivity contribution is -0.384. The lowest BCUT2D eigenvalue weighted by Crippen LogP contribution is -2.20. The number of nitro groups is 1. The number of amides is 1. The van der Waals surface area contributed by atoms with Gasteiger partial charge < -0.3 is 4.98 Å². The average Bonchev–Trinajstić information content (AvgIpc) is 2.92. The van der Waals surface area contributed by atoms with E-state index in [2.05, 4.69) is 27.6 Å². The first-order valence-corrected chi connectivity index (χ1v) is 8.50. The van der Waals surface area contributed by atoms with Gasteiger partial charge in [0.05, 0.1) is 17.6 Å². The highest BCUT2D eigenvalue weighted by atomic mass is 16.6. The molecule has 0 aliphatic rings. The Morgan fingerprint density at radius 1 is 1.22 bits per heavy atom. The molecular weight excluding hydrogens is 344 g/mol. The van der Waals surface area contributed by atoms with E-state index in [4.69, 9.17) is 0 Å². The summed E-state index contributed by atoms with van der Waals surface area (Å²) in [5.74, 6) is -0.226. The Labute approximate surface area is 156 Å². The van der Waals surface area contributed by atoms with E-state index in [1.165, 1.54) is 18.3 Å². The first kappa shape index (κ1) is 18.3. The maximum atomic E-state index is 12.3. The molecule has 3 aromatic rings. The number of aromatic nitrogens is 1. The van der Waals surface area contributed by atoms with Crippen LogP contribution < -0.4 is 5.43 Å². The van der Waals surface area contributed by atoms with Crippen LogP contribution in [0.4, 0.5) is 5.69 Å². The van der Waals surface area contributed by atoms with Crippen molar-refractivity contribution in [3.63, 3.8) is 0 Å². The standard InChI is InChI=1S/C20H20N4O3/c1-12-8-13(2)20-18(9-12)17(14(3)22-20)10-19(25)23-21-11-15-4-6-16(7-5-15)24(26)27/h4-9,11,22H,10H2,1-3H3,(H,23,25). The number of fused-ring (bicyclic) bond motifs is 1. The number of aryl methyl sites for hydroxylation is 3. The molecule has 0 bridgehead atoms. The number of non-ortho nitro benzene ring substituents is 1. The average molecular weight is 364 g/mol. The molecule has 27 heavy (non-hydrogen) atoms. The van der Waals surface area contributed by atoms with Crippen LogP contribution in [-0.4, -0.2) is 22.0 Å². The highest BCUT2D eigenvalue weighted by Gasteiger charge is 2.14. The second kappa shape index (κ2) is 7.41. The summed E-state index contributed by atoms with van der Waals surface area (Å²) in [7, 11) is 0. The SMILES string of the molecule is Cc1cc(C)c2[nH]c(C)c(CC(=O)NN=Cc3ccc([N+](=O)[O-])cc3)c2c1. The Kier molecular flexibility index (Phi) is 5.03. The van der Waals surface area contributed by atoms with Crippen molar-refractivity contribution in [2.24, 2.45) is 5.10 Å². The molecule has 0 aliphatic heterocycles. The molecule has 0 unspecified atom stereocenters. The molecule has 2 N–H and O–H groups in total. The predicted molar refractivity (Wildman–Crippen MR) is 105 cm³/mol. The molecule has 1 amide bonds. The normalized spacial score (nSPS) is 11.2. The molecule has 0 aliphatic carbocycles. The van der Waals surface area contributed by atoms with Crippen LogP contribution in [0.5, 0.6) is 0 Å². The Bertz CT molecular complexity index is 1050. The van der Waals surface area contributed by atoms with Gasteiger partial charge in [-0.1, -0.05) is 11.6 Å². The summed E-state index contributed by atoms with van der Waals surface area (Å²) in [4.78, 5) is 25.8. The maximum Gasteiger partial charge on any atom is 0.269 e. The van der Waals surface area contributed by atoms with E-state index < -0.39 is 4.92 Å². The molecule has 0 spiro atoms. The van der Waals surface area contributed by atoms with Crippen LogP contribution in [0.25, 0.3) is 10.9 Å². The van der Waals surface area contributed by atoms with E-state index >= 15 is 0 Å². The van der Waals surface area contributed by atoms with Gasteiger partial charge in [-0.15, -0.1) is 0 Å².